The predicted octanol–water partition coefficient (Wildman–Crippen LogP) is 4.03. The summed E-state index contributed by atoms with van der Waals surface area (Å²) >= 11 is 1.10. The van der Waals surface area contributed by atoms with Gasteiger partial charge in [-0.05, 0) is 30.2 Å². The van der Waals surface area contributed by atoms with Crippen LogP contribution in [-0.2, 0) is 17.4 Å². The van der Waals surface area contributed by atoms with Crippen molar-refractivity contribution in [3.8, 4) is 0 Å². The van der Waals surface area contributed by atoms with E-state index in [0.29, 0.717) is 18.0 Å². The van der Waals surface area contributed by atoms with Gasteiger partial charge in [-0.2, -0.15) is 13.2 Å². The van der Waals surface area contributed by atoms with Crippen molar-refractivity contribution >= 4 is 28.6 Å². The Labute approximate surface area is 152 Å². The highest BCUT2D eigenvalue weighted by atomic mass is 32.2. The van der Waals surface area contributed by atoms with Crippen molar-refractivity contribution in [2.45, 2.75) is 17.6 Å². The molecule has 1 aromatic carbocycles. The number of alkyl halides is 3. The largest absolute Gasteiger partial charge is 0.417 e. The lowest BCUT2D eigenvalue weighted by molar-refractivity contribution is -0.137. The van der Waals surface area contributed by atoms with Gasteiger partial charge in [0.2, 0.25) is 5.91 Å². The monoisotopic (exact) mass is 379 g/mol. The van der Waals surface area contributed by atoms with Crippen molar-refractivity contribution in [3.05, 3.63) is 59.9 Å². The number of halogens is 3. The lowest BCUT2D eigenvalue weighted by Gasteiger charge is -2.07. The number of hydrogen-bond acceptors (Lipinski definition) is 3. The molecule has 0 aliphatic rings. The second-order valence-electron chi connectivity index (χ2n) is 5.63. The Balaban J connectivity index is 1.44. The first kappa shape index (κ1) is 18.3. The molecule has 0 saturated carbocycles. The van der Waals surface area contributed by atoms with Gasteiger partial charge < -0.3 is 10.3 Å². The molecule has 2 aromatic heterocycles. The third-order valence-corrected chi connectivity index (χ3v) is 4.75. The van der Waals surface area contributed by atoms with Crippen LogP contribution < -0.4 is 5.32 Å². The van der Waals surface area contributed by atoms with Crippen LogP contribution in [0.3, 0.4) is 0 Å². The maximum Gasteiger partial charge on any atom is 0.417 e. The lowest BCUT2D eigenvalue weighted by Crippen LogP contribution is -2.27. The van der Waals surface area contributed by atoms with Crippen LogP contribution in [0.4, 0.5) is 13.2 Å². The molecule has 8 heteroatoms. The summed E-state index contributed by atoms with van der Waals surface area (Å²) < 4.78 is 37.4. The number of nitrogens with zero attached hydrogens (tertiary/aromatic N) is 1. The number of aromatic amines is 1. The minimum atomic E-state index is -4.41. The van der Waals surface area contributed by atoms with Crippen LogP contribution in [0.25, 0.3) is 10.9 Å². The molecule has 0 aliphatic heterocycles. The summed E-state index contributed by atoms with van der Waals surface area (Å²) in [6, 6.07) is 10.2. The number of fused-ring (bicyclic) bond motifs is 1. The Morgan fingerprint density at radius 2 is 2.00 bits per heavy atom. The van der Waals surface area contributed by atoms with Crippen molar-refractivity contribution in [2.24, 2.45) is 0 Å². The van der Waals surface area contributed by atoms with E-state index in [9.17, 15) is 18.0 Å². The summed E-state index contributed by atoms with van der Waals surface area (Å²) in [5, 5.41) is 4.32. The first-order valence-corrected chi connectivity index (χ1v) is 8.90. The minimum Gasteiger partial charge on any atom is -0.361 e. The van der Waals surface area contributed by atoms with E-state index < -0.39 is 11.7 Å². The minimum absolute atomic E-state index is 0.103. The van der Waals surface area contributed by atoms with Crippen LogP contribution in [0.2, 0.25) is 0 Å². The number of carbonyl (C=O) groups is 1. The lowest BCUT2D eigenvalue weighted by atomic mass is 10.1. The van der Waals surface area contributed by atoms with E-state index in [1.807, 2.05) is 30.5 Å². The quantitative estimate of drug-likeness (QED) is 0.636. The number of para-hydroxylation sites is 1. The van der Waals surface area contributed by atoms with Crippen LogP contribution in [0.5, 0.6) is 0 Å². The van der Waals surface area contributed by atoms with Crippen molar-refractivity contribution in [1.82, 2.24) is 15.3 Å². The van der Waals surface area contributed by atoms with Crippen molar-refractivity contribution < 1.29 is 18.0 Å². The van der Waals surface area contributed by atoms with E-state index >= 15 is 0 Å². The molecule has 0 atom stereocenters. The molecule has 0 spiro atoms. The number of pyridine rings is 1. The molecule has 0 fully saturated rings. The number of benzene rings is 1. The summed E-state index contributed by atoms with van der Waals surface area (Å²) in [6.45, 7) is 0.488. The van der Waals surface area contributed by atoms with Gasteiger partial charge in [-0.1, -0.05) is 30.0 Å². The third kappa shape index (κ3) is 4.57. The Morgan fingerprint density at radius 3 is 2.73 bits per heavy atom. The Morgan fingerprint density at radius 1 is 1.19 bits per heavy atom. The molecule has 0 unspecified atom stereocenters. The molecule has 0 aliphatic carbocycles. The first-order valence-electron chi connectivity index (χ1n) is 7.91. The fourth-order valence-electron chi connectivity index (χ4n) is 2.50. The van der Waals surface area contributed by atoms with Gasteiger partial charge in [0.25, 0.3) is 0 Å². The molecule has 1 amide bonds. The average molecular weight is 379 g/mol. The molecule has 2 heterocycles. The summed E-state index contributed by atoms with van der Waals surface area (Å²) in [7, 11) is 0. The number of carbonyl (C=O) groups excluding carboxylic acids is 1. The number of rotatable bonds is 6. The van der Waals surface area contributed by atoms with Gasteiger partial charge in [-0.15, -0.1) is 0 Å². The molecule has 3 aromatic rings. The van der Waals surface area contributed by atoms with E-state index in [0.717, 1.165) is 40.5 Å². The zero-order valence-electron chi connectivity index (χ0n) is 13.6. The Hall–Kier alpha value is -2.48. The van der Waals surface area contributed by atoms with Crippen LogP contribution in [0.15, 0.2) is 53.8 Å². The normalized spacial score (nSPS) is 11.7. The zero-order valence-corrected chi connectivity index (χ0v) is 14.5. The van der Waals surface area contributed by atoms with Crippen molar-refractivity contribution in [2.75, 3.05) is 12.3 Å². The SMILES string of the molecule is O=C(CSc1ccc(C(F)(F)F)cn1)NCCc1c[nH]c2ccccc12. The summed E-state index contributed by atoms with van der Waals surface area (Å²) in [5.74, 6) is -0.0803. The van der Waals surface area contributed by atoms with E-state index in [2.05, 4.69) is 15.3 Å². The summed E-state index contributed by atoms with van der Waals surface area (Å²) in [6.07, 6.45) is -1.01. The number of aromatic nitrogens is 2. The van der Waals surface area contributed by atoms with E-state index in [1.165, 1.54) is 6.07 Å². The molecular weight excluding hydrogens is 363 g/mol. The molecule has 136 valence electrons. The molecule has 0 bridgehead atoms. The average Bonchev–Trinajstić information content (AvgIpc) is 3.03. The maximum absolute atomic E-state index is 12.5. The highest BCUT2D eigenvalue weighted by Gasteiger charge is 2.30. The highest BCUT2D eigenvalue weighted by Crippen LogP contribution is 2.29. The van der Waals surface area contributed by atoms with Crippen molar-refractivity contribution in [3.63, 3.8) is 0 Å². The molecule has 0 radical (unpaired) electrons. The van der Waals surface area contributed by atoms with Crippen molar-refractivity contribution in [1.29, 1.82) is 0 Å². The summed E-state index contributed by atoms with van der Waals surface area (Å²) in [4.78, 5) is 18.8. The van der Waals surface area contributed by atoms with Crippen LogP contribution in [0.1, 0.15) is 11.1 Å². The van der Waals surface area contributed by atoms with E-state index in [1.54, 1.807) is 0 Å². The molecular formula is C18H16F3N3OS. The fraction of sp³-hybridized carbons (Fsp3) is 0.222. The van der Waals surface area contributed by atoms with E-state index in [-0.39, 0.29) is 11.7 Å². The topological polar surface area (TPSA) is 57.8 Å². The second kappa shape index (κ2) is 7.82. The number of amides is 1. The van der Waals surface area contributed by atoms with Gasteiger partial charge in [0.15, 0.2) is 0 Å². The molecule has 4 nitrogen and oxygen atoms in total. The molecule has 0 saturated heterocycles. The molecule has 3 rings (SSSR count). The summed E-state index contributed by atoms with van der Waals surface area (Å²) in [5.41, 5.74) is 1.38. The molecule has 2 N–H and O–H groups in total. The second-order valence-corrected chi connectivity index (χ2v) is 6.63. The first-order chi connectivity index (χ1) is 12.4. The highest BCUT2D eigenvalue weighted by molar-refractivity contribution is 7.99. The maximum atomic E-state index is 12.5. The Bertz CT molecular complexity index is 891. The van der Waals surface area contributed by atoms with Gasteiger partial charge in [-0.25, -0.2) is 4.98 Å². The van der Waals surface area contributed by atoms with Gasteiger partial charge in [0.05, 0.1) is 16.3 Å². The number of nitrogens with one attached hydrogen (secondary N) is 2. The van der Waals surface area contributed by atoms with Gasteiger partial charge >= 0.3 is 6.18 Å². The number of thioether (sulfide) groups is 1. The number of hydrogen-bond donors (Lipinski definition) is 2. The predicted molar refractivity (Wildman–Crippen MR) is 95.0 cm³/mol. The smallest absolute Gasteiger partial charge is 0.361 e. The van der Waals surface area contributed by atoms with E-state index in [4.69, 9.17) is 0 Å². The standard InChI is InChI=1S/C18H16F3N3OS/c19-18(20,21)13-5-6-17(24-10-13)26-11-16(25)22-8-7-12-9-23-15-4-2-1-3-14(12)15/h1-6,9-10,23H,7-8,11H2,(H,22,25). The Kier molecular flexibility index (Phi) is 5.51. The van der Waals surface area contributed by atoms with Gasteiger partial charge in [-0.3, -0.25) is 4.79 Å². The van der Waals surface area contributed by atoms with Gasteiger partial charge in [0, 0.05) is 29.8 Å². The third-order valence-electron chi connectivity index (χ3n) is 3.81. The van der Waals surface area contributed by atoms with Crippen LogP contribution in [0, 0.1) is 0 Å². The number of H-pyrrole nitrogens is 1. The zero-order chi connectivity index (χ0) is 18.6. The fourth-order valence-corrected chi connectivity index (χ4v) is 3.17. The van der Waals surface area contributed by atoms with Gasteiger partial charge in [0.1, 0.15) is 0 Å². The molecule has 26 heavy (non-hydrogen) atoms. The van der Waals surface area contributed by atoms with Crippen LogP contribution >= 0.6 is 11.8 Å². The van der Waals surface area contributed by atoms with Crippen LogP contribution in [-0.4, -0.2) is 28.2 Å².